The zero-order valence-corrected chi connectivity index (χ0v) is 15.0. The van der Waals surface area contributed by atoms with Gasteiger partial charge < -0.3 is 15.1 Å². The van der Waals surface area contributed by atoms with Crippen molar-refractivity contribution in [3.63, 3.8) is 0 Å². The smallest absolute Gasteiger partial charge is 0.253 e. The van der Waals surface area contributed by atoms with Crippen LogP contribution in [0.3, 0.4) is 0 Å². The van der Waals surface area contributed by atoms with E-state index in [-0.39, 0.29) is 11.8 Å². The molecule has 0 aliphatic carbocycles. The third kappa shape index (κ3) is 4.46. The highest BCUT2D eigenvalue weighted by Gasteiger charge is 2.21. The second kappa shape index (κ2) is 8.58. The molecule has 26 heavy (non-hydrogen) atoms. The van der Waals surface area contributed by atoms with Crippen molar-refractivity contribution in [3.05, 3.63) is 65.5 Å². The molecular weight excluding hydrogens is 328 g/mol. The lowest BCUT2D eigenvalue weighted by Gasteiger charge is -2.34. The van der Waals surface area contributed by atoms with Crippen molar-refractivity contribution in [3.8, 4) is 0 Å². The fourth-order valence-corrected chi connectivity index (χ4v) is 3.00. The maximum atomic E-state index is 12.6. The third-order valence-electron chi connectivity index (χ3n) is 4.68. The van der Waals surface area contributed by atoms with Crippen LogP contribution in [0.25, 0.3) is 0 Å². The molecule has 6 nitrogen and oxygen atoms in total. The number of amides is 2. The quantitative estimate of drug-likeness (QED) is 0.891. The van der Waals surface area contributed by atoms with Gasteiger partial charge in [-0.05, 0) is 42.4 Å². The molecule has 1 aliphatic heterocycles. The number of hydrogen-bond acceptors (Lipinski definition) is 4. The highest BCUT2D eigenvalue weighted by Crippen LogP contribution is 2.11. The summed E-state index contributed by atoms with van der Waals surface area (Å²) in [6.07, 6.45) is 3.42. The highest BCUT2D eigenvalue weighted by molar-refractivity contribution is 5.97. The minimum Gasteiger partial charge on any atom is -0.348 e. The fraction of sp³-hybridized carbons (Fsp3) is 0.350. The second-order valence-corrected chi connectivity index (χ2v) is 6.35. The summed E-state index contributed by atoms with van der Waals surface area (Å²) >= 11 is 0. The van der Waals surface area contributed by atoms with Gasteiger partial charge in [0.1, 0.15) is 0 Å². The maximum Gasteiger partial charge on any atom is 0.253 e. The Morgan fingerprint density at radius 1 is 1.04 bits per heavy atom. The van der Waals surface area contributed by atoms with Gasteiger partial charge in [-0.15, -0.1) is 0 Å². The van der Waals surface area contributed by atoms with Crippen molar-refractivity contribution in [2.45, 2.75) is 13.5 Å². The van der Waals surface area contributed by atoms with Gasteiger partial charge in [-0.2, -0.15) is 0 Å². The summed E-state index contributed by atoms with van der Waals surface area (Å²) in [5, 5.41) is 2.86. The molecule has 0 bridgehead atoms. The van der Waals surface area contributed by atoms with Gasteiger partial charge in [-0.3, -0.25) is 14.6 Å². The Balaban J connectivity index is 1.56. The van der Waals surface area contributed by atoms with Gasteiger partial charge in [0.25, 0.3) is 11.8 Å². The van der Waals surface area contributed by atoms with Gasteiger partial charge in [-0.1, -0.05) is 13.0 Å². The predicted molar refractivity (Wildman–Crippen MR) is 99.9 cm³/mol. The van der Waals surface area contributed by atoms with Crippen molar-refractivity contribution in [2.24, 2.45) is 0 Å². The molecule has 1 aromatic heterocycles. The number of aromatic nitrogens is 1. The molecule has 1 saturated heterocycles. The molecule has 3 rings (SSSR count). The van der Waals surface area contributed by atoms with E-state index in [0.717, 1.165) is 38.3 Å². The van der Waals surface area contributed by atoms with E-state index in [4.69, 9.17) is 0 Å². The van der Waals surface area contributed by atoms with Crippen LogP contribution in [0.5, 0.6) is 0 Å². The number of carbonyl (C=O) groups is 2. The van der Waals surface area contributed by atoms with Gasteiger partial charge >= 0.3 is 0 Å². The SMILES string of the molecule is CCN1CCN(C(=O)c2ccc(C(=O)NCc3cccnc3)cc2)CC1. The van der Waals surface area contributed by atoms with Crippen molar-refractivity contribution < 1.29 is 9.59 Å². The van der Waals surface area contributed by atoms with E-state index in [2.05, 4.69) is 22.1 Å². The number of benzene rings is 1. The molecule has 1 aromatic carbocycles. The van der Waals surface area contributed by atoms with E-state index in [0.29, 0.717) is 17.7 Å². The molecule has 2 heterocycles. The van der Waals surface area contributed by atoms with E-state index in [1.807, 2.05) is 17.0 Å². The van der Waals surface area contributed by atoms with Crippen LogP contribution in [-0.2, 0) is 6.54 Å². The van der Waals surface area contributed by atoms with E-state index >= 15 is 0 Å². The number of hydrogen-bond donors (Lipinski definition) is 1. The van der Waals surface area contributed by atoms with Crippen LogP contribution in [0.1, 0.15) is 33.2 Å². The summed E-state index contributed by atoms with van der Waals surface area (Å²) < 4.78 is 0. The Morgan fingerprint density at radius 2 is 1.73 bits per heavy atom. The topological polar surface area (TPSA) is 65.5 Å². The van der Waals surface area contributed by atoms with Crippen molar-refractivity contribution in [2.75, 3.05) is 32.7 Å². The van der Waals surface area contributed by atoms with Crippen LogP contribution >= 0.6 is 0 Å². The van der Waals surface area contributed by atoms with Crippen molar-refractivity contribution >= 4 is 11.8 Å². The Kier molecular flexibility index (Phi) is 5.96. The van der Waals surface area contributed by atoms with Crippen LogP contribution in [-0.4, -0.2) is 59.3 Å². The number of nitrogens with zero attached hydrogens (tertiary/aromatic N) is 3. The number of piperazine rings is 1. The lowest BCUT2D eigenvalue weighted by Crippen LogP contribution is -2.48. The molecule has 0 spiro atoms. The van der Waals surface area contributed by atoms with Crippen molar-refractivity contribution in [1.82, 2.24) is 20.1 Å². The lowest BCUT2D eigenvalue weighted by atomic mass is 10.1. The highest BCUT2D eigenvalue weighted by atomic mass is 16.2. The first-order chi connectivity index (χ1) is 12.7. The molecule has 2 amide bonds. The molecule has 1 aliphatic rings. The lowest BCUT2D eigenvalue weighted by molar-refractivity contribution is 0.0643. The molecule has 6 heteroatoms. The van der Waals surface area contributed by atoms with Gasteiger partial charge in [0.15, 0.2) is 0 Å². The van der Waals surface area contributed by atoms with E-state index < -0.39 is 0 Å². The molecule has 1 N–H and O–H groups in total. The normalized spacial score (nSPS) is 14.9. The number of likely N-dealkylation sites (N-methyl/N-ethyl adjacent to an activating group) is 1. The summed E-state index contributed by atoms with van der Waals surface area (Å²) in [6.45, 7) is 6.91. The Bertz CT molecular complexity index is 738. The number of carbonyl (C=O) groups excluding carboxylic acids is 2. The summed E-state index contributed by atoms with van der Waals surface area (Å²) in [5.74, 6) is -0.132. The summed E-state index contributed by atoms with van der Waals surface area (Å²) in [7, 11) is 0. The van der Waals surface area contributed by atoms with E-state index in [1.54, 1.807) is 36.7 Å². The number of rotatable bonds is 5. The average Bonchev–Trinajstić information content (AvgIpc) is 2.72. The van der Waals surface area contributed by atoms with Crippen LogP contribution in [0.4, 0.5) is 0 Å². The Labute approximate surface area is 153 Å². The summed E-state index contributed by atoms with van der Waals surface area (Å²) in [5.41, 5.74) is 2.11. The maximum absolute atomic E-state index is 12.6. The van der Waals surface area contributed by atoms with E-state index in [1.165, 1.54) is 0 Å². The Morgan fingerprint density at radius 3 is 2.35 bits per heavy atom. The molecule has 1 fully saturated rings. The van der Waals surface area contributed by atoms with Gasteiger partial charge in [-0.25, -0.2) is 0 Å². The monoisotopic (exact) mass is 352 g/mol. The summed E-state index contributed by atoms with van der Waals surface area (Å²) in [4.78, 5) is 33.1. The molecule has 0 saturated carbocycles. The minimum absolute atomic E-state index is 0.0306. The molecule has 0 atom stereocenters. The van der Waals surface area contributed by atoms with Crippen molar-refractivity contribution in [1.29, 1.82) is 0 Å². The third-order valence-corrected chi connectivity index (χ3v) is 4.68. The summed E-state index contributed by atoms with van der Waals surface area (Å²) in [6, 6.07) is 10.6. The number of nitrogens with one attached hydrogen (secondary N) is 1. The van der Waals surface area contributed by atoms with Crippen LogP contribution < -0.4 is 5.32 Å². The molecule has 136 valence electrons. The number of pyridine rings is 1. The zero-order chi connectivity index (χ0) is 18.4. The van der Waals surface area contributed by atoms with Crippen LogP contribution in [0, 0.1) is 0 Å². The molecule has 0 unspecified atom stereocenters. The standard InChI is InChI=1S/C20H24N4O2/c1-2-23-10-12-24(13-11-23)20(26)18-7-5-17(6-8-18)19(25)22-15-16-4-3-9-21-14-16/h3-9,14H,2,10-13,15H2,1H3,(H,22,25). The second-order valence-electron chi connectivity index (χ2n) is 6.35. The molecule has 2 aromatic rings. The predicted octanol–water partition coefficient (Wildman–Crippen LogP) is 1.79. The largest absolute Gasteiger partial charge is 0.348 e. The molecule has 0 radical (unpaired) electrons. The first-order valence-corrected chi connectivity index (χ1v) is 8.96. The first kappa shape index (κ1) is 18.1. The van der Waals surface area contributed by atoms with Crippen LogP contribution in [0.2, 0.25) is 0 Å². The minimum atomic E-state index is -0.163. The van der Waals surface area contributed by atoms with Gasteiger partial charge in [0.2, 0.25) is 0 Å². The fourth-order valence-electron chi connectivity index (χ4n) is 3.00. The Hall–Kier alpha value is -2.73. The zero-order valence-electron chi connectivity index (χ0n) is 15.0. The molecular formula is C20H24N4O2. The van der Waals surface area contributed by atoms with E-state index in [9.17, 15) is 9.59 Å². The first-order valence-electron chi connectivity index (χ1n) is 8.96. The average molecular weight is 352 g/mol. The van der Waals surface area contributed by atoms with Gasteiger partial charge in [0.05, 0.1) is 0 Å². The van der Waals surface area contributed by atoms with Crippen LogP contribution in [0.15, 0.2) is 48.8 Å². The van der Waals surface area contributed by atoms with Gasteiger partial charge in [0, 0.05) is 56.2 Å².